The minimum absolute atomic E-state index is 0.138. The number of aliphatic hydroxyl groups is 1. The first kappa shape index (κ1) is 17.1. The Hall–Kier alpha value is -2.35. The van der Waals surface area contributed by atoms with Gasteiger partial charge >= 0.3 is 5.97 Å². The number of aliphatic hydroxyl groups excluding tert-OH is 1. The lowest BCUT2D eigenvalue weighted by molar-refractivity contribution is -0.138. The monoisotopic (exact) mass is 392 g/mol. The predicted octanol–water partition coefficient (Wildman–Crippen LogP) is 2.75. The van der Waals surface area contributed by atoms with E-state index in [1.54, 1.807) is 40.3 Å². The number of pyridine rings is 1. The first-order chi connectivity index (χ1) is 12.5. The van der Waals surface area contributed by atoms with Crippen molar-refractivity contribution in [2.45, 2.75) is 18.6 Å². The van der Waals surface area contributed by atoms with Gasteiger partial charge in [0, 0.05) is 36.8 Å². The van der Waals surface area contributed by atoms with Crippen molar-refractivity contribution in [3.63, 3.8) is 0 Å². The molecule has 0 bridgehead atoms. The Labute approximate surface area is 158 Å². The summed E-state index contributed by atoms with van der Waals surface area (Å²) in [6.07, 6.45) is 4.45. The van der Waals surface area contributed by atoms with Crippen molar-refractivity contribution in [2.75, 3.05) is 11.4 Å². The summed E-state index contributed by atoms with van der Waals surface area (Å²) in [7, 11) is 0. The van der Waals surface area contributed by atoms with Crippen LogP contribution in [-0.4, -0.2) is 49.4 Å². The molecule has 9 heteroatoms. The van der Waals surface area contributed by atoms with Gasteiger partial charge in [0.2, 0.25) is 0 Å². The molecule has 1 saturated heterocycles. The molecule has 1 aliphatic rings. The second-order valence-electron chi connectivity index (χ2n) is 6.12. The number of β-amino-alcohol motifs (C(OH)–C–C–N with tert-alkyl or cyclic N) is 1. The zero-order valence-corrected chi connectivity index (χ0v) is 14.9. The summed E-state index contributed by atoms with van der Waals surface area (Å²) in [5, 5.41) is 20.8. The van der Waals surface area contributed by atoms with E-state index in [0.29, 0.717) is 21.4 Å². The maximum absolute atomic E-state index is 11.6. The van der Waals surface area contributed by atoms with Gasteiger partial charge in [-0.1, -0.05) is 23.2 Å². The van der Waals surface area contributed by atoms with Gasteiger partial charge in [-0.25, -0.2) is 14.8 Å². The Morgan fingerprint density at radius 3 is 2.81 bits per heavy atom. The SMILES string of the molecule is O=C(O)[C@@H]1C[C@H](O)CN1c1cc(-n2ccnc2)c2ccc(Cl)c(Cl)c2n1. The highest BCUT2D eigenvalue weighted by Gasteiger charge is 2.37. The van der Waals surface area contributed by atoms with E-state index in [9.17, 15) is 15.0 Å². The molecular formula is C17H14Cl2N4O3. The van der Waals surface area contributed by atoms with Gasteiger partial charge in [-0.05, 0) is 12.1 Å². The lowest BCUT2D eigenvalue weighted by Gasteiger charge is -2.24. The van der Waals surface area contributed by atoms with Gasteiger partial charge in [0.05, 0.1) is 33.7 Å². The highest BCUT2D eigenvalue weighted by atomic mass is 35.5. The van der Waals surface area contributed by atoms with Crippen LogP contribution < -0.4 is 4.90 Å². The maximum atomic E-state index is 11.6. The third kappa shape index (κ3) is 2.78. The van der Waals surface area contributed by atoms with Gasteiger partial charge in [0.25, 0.3) is 0 Å². The third-order valence-corrected chi connectivity index (χ3v) is 5.27. The summed E-state index contributed by atoms with van der Waals surface area (Å²) in [6, 6.07) is 4.41. The number of carboxylic acids is 1. The molecule has 2 aromatic heterocycles. The number of hydrogen-bond donors (Lipinski definition) is 2. The molecule has 1 fully saturated rings. The number of halogens is 2. The molecule has 0 spiro atoms. The van der Waals surface area contributed by atoms with E-state index < -0.39 is 18.1 Å². The lowest BCUT2D eigenvalue weighted by atomic mass is 10.1. The van der Waals surface area contributed by atoms with E-state index in [1.807, 2.05) is 6.07 Å². The molecule has 7 nitrogen and oxygen atoms in total. The molecule has 0 amide bonds. The van der Waals surface area contributed by atoms with Gasteiger partial charge in [0.1, 0.15) is 11.9 Å². The van der Waals surface area contributed by atoms with Gasteiger partial charge < -0.3 is 19.7 Å². The van der Waals surface area contributed by atoms with Crippen LogP contribution in [0.4, 0.5) is 5.82 Å². The maximum Gasteiger partial charge on any atom is 0.326 e. The van der Waals surface area contributed by atoms with E-state index in [-0.39, 0.29) is 13.0 Å². The average molecular weight is 393 g/mol. The van der Waals surface area contributed by atoms with E-state index in [1.165, 1.54) is 0 Å². The number of aliphatic carboxylic acids is 1. The van der Waals surface area contributed by atoms with E-state index in [0.717, 1.165) is 11.1 Å². The highest BCUT2D eigenvalue weighted by molar-refractivity contribution is 6.45. The molecule has 3 heterocycles. The molecule has 2 atom stereocenters. The topological polar surface area (TPSA) is 91.5 Å². The fraction of sp³-hybridized carbons (Fsp3) is 0.235. The minimum Gasteiger partial charge on any atom is -0.480 e. The van der Waals surface area contributed by atoms with Crippen LogP contribution in [0.15, 0.2) is 36.9 Å². The quantitative estimate of drug-likeness (QED) is 0.711. The van der Waals surface area contributed by atoms with Crippen molar-refractivity contribution in [3.05, 3.63) is 47.0 Å². The molecule has 0 radical (unpaired) electrons. The fourth-order valence-electron chi connectivity index (χ4n) is 3.27. The largest absolute Gasteiger partial charge is 0.480 e. The molecule has 26 heavy (non-hydrogen) atoms. The number of carbonyl (C=O) groups is 1. The molecule has 0 unspecified atom stereocenters. The van der Waals surface area contributed by atoms with Gasteiger partial charge in [-0.3, -0.25) is 0 Å². The van der Waals surface area contributed by atoms with E-state index >= 15 is 0 Å². The summed E-state index contributed by atoms with van der Waals surface area (Å²) < 4.78 is 1.79. The number of hydrogen-bond acceptors (Lipinski definition) is 5. The summed E-state index contributed by atoms with van der Waals surface area (Å²) in [5.74, 6) is -0.598. The average Bonchev–Trinajstić information content (AvgIpc) is 3.27. The van der Waals surface area contributed by atoms with Crippen LogP contribution in [0.25, 0.3) is 16.6 Å². The van der Waals surface area contributed by atoms with Gasteiger partial charge in [-0.15, -0.1) is 0 Å². The number of rotatable bonds is 3. The van der Waals surface area contributed by atoms with Crippen molar-refractivity contribution in [1.82, 2.24) is 14.5 Å². The Balaban J connectivity index is 1.96. The van der Waals surface area contributed by atoms with Crippen LogP contribution in [0.3, 0.4) is 0 Å². The first-order valence-electron chi connectivity index (χ1n) is 7.90. The Kier molecular flexibility index (Phi) is 4.22. The number of aromatic nitrogens is 3. The summed E-state index contributed by atoms with van der Waals surface area (Å²) in [4.78, 5) is 21.8. The van der Waals surface area contributed by atoms with Crippen LogP contribution >= 0.6 is 23.2 Å². The molecule has 3 aromatic rings. The zero-order chi connectivity index (χ0) is 18.4. The summed E-state index contributed by atoms with van der Waals surface area (Å²) in [5.41, 5.74) is 1.21. The first-order valence-corrected chi connectivity index (χ1v) is 8.66. The fourth-order valence-corrected chi connectivity index (χ4v) is 3.63. The predicted molar refractivity (Wildman–Crippen MR) is 98.3 cm³/mol. The smallest absolute Gasteiger partial charge is 0.326 e. The zero-order valence-electron chi connectivity index (χ0n) is 13.4. The van der Waals surface area contributed by atoms with Crippen molar-refractivity contribution < 1.29 is 15.0 Å². The molecular weight excluding hydrogens is 379 g/mol. The highest BCUT2D eigenvalue weighted by Crippen LogP contribution is 2.36. The molecule has 2 N–H and O–H groups in total. The normalized spacial score (nSPS) is 20.0. The molecule has 0 saturated carbocycles. The summed E-state index contributed by atoms with van der Waals surface area (Å²) in [6.45, 7) is 0.178. The van der Waals surface area contributed by atoms with Crippen LogP contribution in [0, 0.1) is 0 Å². The Bertz CT molecular complexity index is 993. The Morgan fingerprint density at radius 1 is 1.31 bits per heavy atom. The van der Waals surface area contributed by atoms with Crippen molar-refractivity contribution in [1.29, 1.82) is 0 Å². The molecule has 0 aliphatic carbocycles. The van der Waals surface area contributed by atoms with Gasteiger partial charge in [0.15, 0.2) is 0 Å². The number of nitrogens with zero attached hydrogens (tertiary/aromatic N) is 4. The molecule has 1 aromatic carbocycles. The number of benzene rings is 1. The van der Waals surface area contributed by atoms with Crippen LogP contribution in [0.2, 0.25) is 10.0 Å². The number of fused-ring (bicyclic) bond motifs is 1. The standard InChI is InChI=1S/C17H14Cl2N4O3/c18-11-2-1-10-12(22-4-3-20-8-22)6-14(21-16(10)15(11)19)23-7-9(24)5-13(23)17(25)26/h1-4,6,8-9,13,24H,5,7H2,(H,25,26)/t9-,13-/m0/s1. The minimum atomic E-state index is -1.01. The van der Waals surface area contributed by atoms with Crippen molar-refractivity contribution in [2.24, 2.45) is 0 Å². The van der Waals surface area contributed by atoms with E-state index in [4.69, 9.17) is 23.2 Å². The molecule has 1 aliphatic heterocycles. The number of anilines is 1. The van der Waals surface area contributed by atoms with Gasteiger partial charge in [-0.2, -0.15) is 0 Å². The molecule has 134 valence electrons. The van der Waals surface area contributed by atoms with Crippen LogP contribution in [-0.2, 0) is 4.79 Å². The summed E-state index contributed by atoms with van der Waals surface area (Å²) >= 11 is 12.5. The van der Waals surface area contributed by atoms with Crippen molar-refractivity contribution >= 4 is 45.9 Å². The third-order valence-electron chi connectivity index (χ3n) is 4.48. The molecule has 4 rings (SSSR count). The Morgan fingerprint density at radius 2 is 2.12 bits per heavy atom. The van der Waals surface area contributed by atoms with Crippen LogP contribution in [0.1, 0.15) is 6.42 Å². The number of carboxylic acid groups (broad SMARTS) is 1. The second-order valence-corrected chi connectivity index (χ2v) is 6.91. The number of imidazole rings is 1. The second kappa shape index (κ2) is 6.42. The van der Waals surface area contributed by atoms with Crippen LogP contribution in [0.5, 0.6) is 0 Å². The van der Waals surface area contributed by atoms with Crippen molar-refractivity contribution in [3.8, 4) is 5.69 Å². The van der Waals surface area contributed by atoms with E-state index in [2.05, 4.69) is 9.97 Å². The lowest BCUT2D eigenvalue weighted by Crippen LogP contribution is -2.36.